The summed E-state index contributed by atoms with van der Waals surface area (Å²) in [5, 5.41) is 0.606. The van der Waals surface area contributed by atoms with Gasteiger partial charge in [-0.1, -0.05) is 19.3 Å². The van der Waals surface area contributed by atoms with Crippen molar-refractivity contribution in [1.82, 2.24) is 0 Å². The first-order valence-corrected chi connectivity index (χ1v) is 5.48. The van der Waals surface area contributed by atoms with Crippen LogP contribution in [0.3, 0.4) is 0 Å². The molecule has 4 aliphatic rings. The Labute approximate surface area is 89.6 Å². The summed E-state index contributed by atoms with van der Waals surface area (Å²) in [6.45, 7) is 0. The SMILES string of the molecule is [Li+].[PH-]C12CC3CC(CC(C3)C1)C2. The van der Waals surface area contributed by atoms with Crippen molar-refractivity contribution in [3.05, 3.63) is 0 Å². The molecule has 62 valence electrons. The maximum absolute atomic E-state index is 4.01. The van der Waals surface area contributed by atoms with Crippen molar-refractivity contribution >= 4 is 9.24 Å². The fourth-order valence-electron chi connectivity index (χ4n) is 4.11. The quantitative estimate of drug-likeness (QED) is 0.361. The van der Waals surface area contributed by atoms with E-state index in [-0.39, 0.29) is 18.9 Å². The third-order valence-electron chi connectivity index (χ3n) is 4.04. The van der Waals surface area contributed by atoms with E-state index in [9.17, 15) is 0 Å². The first-order valence-electron chi connectivity index (χ1n) is 4.98. The van der Waals surface area contributed by atoms with Crippen molar-refractivity contribution in [1.29, 1.82) is 0 Å². The summed E-state index contributed by atoms with van der Waals surface area (Å²) < 4.78 is 0. The molecule has 12 heavy (non-hydrogen) atoms. The number of rotatable bonds is 0. The summed E-state index contributed by atoms with van der Waals surface area (Å²) in [5.74, 6) is 3.29. The van der Waals surface area contributed by atoms with Crippen LogP contribution in [0.25, 0.3) is 0 Å². The predicted molar refractivity (Wildman–Crippen MR) is 49.2 cm³/mol. The maximum Gasteiger partial charge on any atom is 1.00 e. The zero-order chi connectivity index (χ0) is 7.47. The van der Waals surface area contributed by atoms with Crippen LogP contribution in [0.2, 0.25) is 0 Å². The second kappa shape index (κ2) is 3.01. The van der Waals surface area contributed by atoms with Crippen LogP contribution < -0.4 is 18.9 Å². The van der Waals surface area contributed by atoms with Crippen LogP contribution in [-0.4, -0.2) is 5.16 Å². The monoisotopic (exact) mass is 174 g/mol. The molecule has 0 aromatic rings. The van der Waals surface area contributed by atoms with Crippen LogP contribution in [0.1, 0.15) is 38.5 Å². The van der Waals surface area contributed by atoms with Gasteiger partial charge in [-0.15, -0.1) is 0 Å². The molecular formula is C10H16LiP. The molecule has 0 amide bonds. The molecule has 4 rings (SSSR count). The average Bonchev–Trinajstić information content (AvgIpc) is 1.79. The van der Waals surface area contributed by atoms with Crippen LogP contribution in [0.4, 0.5) is 0 Å². The fraction of sp³-hybridized carbons (Fsp3) is 1.00. The van der Waals surface area contributed by atoms with Gasteiger partial charge < -0.3 is 9.24 Å². The molecule has 4 aliphatic carbocycles. The second-order valence-electron chi connectivity index (χ2n) is 5.20. The Bertz CT molecular complexity index is 155. The van der Waals surface area contributed by atoms with E-state index in [1.165, 1.54) is 19.3 Å². The largest absolute Gasteiger partial charge is 1.00 e. The van der Waals surface area contributed by atoms with E-state index < -0.39 is 0 Å². The molecule has 0 aliphatic heterocycles. The van der Waals surface area contributed by atoms with Crippen LogP contribution >= 0.6 is 9.24 Å². The predicted octanol–water partition coefficient (Wildman–Crippen LogP) is 0.102. The van der Waals surface area contributed by atoms with E-state index in [1.54, 1.807) is 19.3 Å². The molecule has 0 aromatic carbocycles. The van der Waals surface area contributed by atoms with Gasteiger partial charge in [0.15, 0.2) is 0 Å². The third-order valence-corrected chi connectivity index (χ3v) is 4.65. The summed E-state index contributed by atoms with van der Waals surface area (Å²) in [6, 6.07) is 0. The van der Waals surface area contributed by atoms with Crippen LogP contribution in [0.15, 0.2) is 0 Å². The summed E-state index contributed by atoms with van der Waals surface area (Å²) in [5.41, 5.74) is 0. The molecule has 0 atom stereocenters. The molecule has 4 bridgehead atoms. The van der Waals surface area contributed by atoms with Gasteiger partial charge in [0.2, 0.25) is 0 Å². The van der Waals surface area contributed by atoms with E-state index in [0.717, 1.165) is 17.8 Å². The van der Waals surface area contributed by atoms with Crippen molar-refractivity contribution in [3.8, 4) is 0 Å². The molecule has 4 fully saturated rings. The summed E-state index contributed by atoms with van der Waals surface area (Å²) in [4.78, 5) is 0. The molecule has 0 N–H and O–H groups in total. The van der Waals surface area contributed by atoms with E-state index >= 15 is 0 Å². The van der Waals surface area contributed by atoms with E-state index in [2.05, 4.69) is 9.24 Å². The van der Waals surface area contributed by atoms with Gasteiger partial charge in [0.05, 0.1) is 0 Å². The van der Waals surface area contributed by atoms with Gasteiger partial charge in [0, 0.05) is 0 Å². The smallest absolute Gasteiger partial charge is 0.551 e. The summed E-state index contributed by atoms with van der Waals surface area (Å²) in [7, 11) is 4.01. The summed E-state index contributed by atoms with van der Waals surface area (Å²) >= 11 is 0. The van der Waals surface area contributed by atoms with Gasteiger partial charge in [-0.25, -0.2) is 0 Å². The minimum absolute atomic E-state index is 0. The third kappa shape index (κ3) is 1.41. The van der Waals surface area contributed by atoms with Crippen LogP contribution in [-0.2, 0) is 0 Å². The van der Waals surface area contributed by atoms with Crippen molar-refractivity contribution in [3.63, 3.8) is 0 Å². The Morgan fingerprint density at radius 1 is 0.833 bits per heavy atom. The van der Waals surface area contributed by atoms with E-state index in [4.69, 9.17) is 0 Å². The zero-order valence-electron chi connectivity index (χ0n) is 7.97. The molecule has 0 radical (unpaired) electrons. The molecule has 4 saturated carbocycles. The normalized spacial score (nSPS) is 55.2. The fourth-order valence-corrected chi connectivity index (χ4v) is 4.98. The Hall–Kier alpha value is 1.03. The minimum atomic E-state index is 0. The molecule has 0 nitrogen and oxygen atoms in total. The van der Waals surface area contributed by atoms with Crippen LogP contribution in [0.5, 0.6) is 0 Å². The molecular weight excluding hydrogens is 158 g/mol. The van der Waals surface area contributed by atoms with Crippen molar-refractivity contribution < 1.29 is 18.9 Å². The minimum Gasteiger partial charge on any atom is -0.551 e. The van der Waals surface area contributed by atoms with Crippen LogP contribution in [0, 0.1) is 17.8 Å². The van der Waals surface area contributed by atoms with Gasteiger partial charge in [-0.05, 0) is 37.0 Å². The van der Waals surface area contributed by atoms with Gasteiger partial charge in [0.1, 0.15) is 0 Å². The topological polar surface area (TPSA) is 0 Å². The Morgan fingerprint density at radius 2 is 1.17 bits per heavy atom. The molecule has 0 heterocycles. The number of hydrogen-bond donors (Lipinski definition) is 0. The standard InChI is InChI=1S/C10H16P.Li/c11-10-4-7-1-8(5-10)3-9(2-7)6-10;/h7-9,11H,1-6H2;/q-1;+1. The summed E-state index contributed by atoms with van der Waals surface area (Å²) in [6.07, 6.45) is 9.12. The first-order chi connectivity index (χ1) is 5.23. The second-order valence-corrected chi connectivity index (χ2v) is 6.26. The zero-order valence-corrected chi connectivity index (χ0v) is 8.97. The van der Waals surface area contributed by atoms with Crippen molar-refractivity contribution in [2.24, 2.45) is 17.8 Å². The maximum atomic E-state index is 4.01. The van der Waals surface area contributed by atoms with Gasteiger partial charge >= 0.3 is 18.9 Å². The number of hydrogen-bond acceptors (Lipinski definition) is 0. The molecule has 0 saturated heterocycles. The molecule has 2 heteroatoms. The Balaban J connectivity index is 0.000000563. The average molecular weight is 174 g/mol. The van der Waals surface area contributed by atoms with Gasteiger partial charge in [0.25, 0.3) is 0 Å². The molecule has 0 unspecified atom stereocenters. The Morgan fingerprint density at radius 3 is 1.42 bits per heavy atom. The van der Waals surface area contributed by atoms with Crippen molar-refractivity contribution in [2.75, 3.05) is 0 Å². The molecule has 0 aromatic heterocycles. The molecule has 0 spiro atoms. The first kappa shape index (κ1) is 9.58. The van der Waals surface area contributed by atoms with Crippen molar-refractivity contribution in [2.45, 2.75) is 43.7 Å². The van der Waals surface area contributed by atoms with Gasteiger partial charge in [-0.2, -0.15) is 5.16 Å². The Kier molecular flexibility index (Phi) is 2.41. The van der Waals surface area contributed by atoms with Gasteiger partial charge in [-0.3, -0.25) is 0 Å². The van der Waals surface area contributed by atoms with E-state index in [0.29, 0.717) is 5.16 Å². The van der Waals surface area contributed by atoms with E-state index in [1.807, 2.05) is 0 Å².